The molecule has 0 saturated carbocycles. The fourth-order valence-corrected chi connectivity index (χ4v) is 2.67. The highest BCUT2D eigenvalue weighted by Gasteiger charge is 2.20. The lowest BCUT2D eigenvalue weighted by Gasteiger charge is -2.30. The molecular weight excluding hydrogens is 283 g/mol. The van der Waals surface area contributed by atoms with E-state index in [0.717, 1.165) is 31.5 Å². The fraction of sp³-hybridized carbons (Fsp3) is 0.375. The van der Waals surface area contributed by atoms with Crippen LogP contribution in [0.1, 0.15) is 18.4 Å². The summed E-state index contributed by atoms with van der Waals surface area (Å²) in [6, 6.07) is 6.37. The number of nitrogens with two attached hydrogens (primary N) is 1. The summed E-state index contributed by atoms with van der Waals surface area (Å²) in [6.45, 7) is 1.91. The summed E-state index contributed by atoms with van der Waals surface area (Å²) in [5, 5.41) is 0. The summed E-state index contributed by atoms with van der Waals surface area (Å²) < 4.78 is 14.5. The number of rotatable bonds is 3. The number of anilines is 1. The first kappa shape index (κ1) is 14.7. The van der Waals surface area contributed by atoms with E-state index in [1.54, 1.807) is 29.1 Å². The maximum atomic E-state index is 12.9. The van der Waals surface area contributed by atoms with Gasteiger partial charge in [0.25, 0.3) is 5.56 Å². The largest absolute Gasteiger partial charge is 0.352 e. The molecule has 0 bridgehead atoms. The Labute approximate surface area is 128 Å². The van der Waals surface area contributed by atoms with Crippen molar-refractivity contribution in [1.29, 1.82) is 0 Å². The first-order valence-electron chi connectivity index (χ1n) is 7.44. The van der Waals surface area contributed by atoms with Gasteiger partial charge in [-0.1, -0.05) is 12.1 Å². The Hall–Kier alpha value is -2.21. The lowest BCUT2D eigenvalue weighted by molar-refractivity contribution is 0.496. The van der Waals surface area contributed by atoms with Crippen molar-refractivity contribution < 1.29 is 4.39 Å². The highest BCUT2D eigenvalue weighted by atomic mass is 19.1. The molecule has 0 atom stereocenters. The molecule has 1 saturated heterocycles. The molecule has 0 spiro atoms. The maximum absolute atomic E-state index is 12.9. The summed E-state index contributed by atoms with van der Waals surface area (Å²) in [5.41, 5.74) is 6.65. The standard InChI is InChI=1S/C16H19FN4O/c17-13-3-1-12(2-4-13)11-21-10-7-19-15(16(21)22)20-8-5-14(18)6-9-20/h1-4,7,10,14H,5-6,8-9,11,18H2. The van der Waals surface area contributed by atoms with Crippen LogP contribution in [-0.2, 0) is 6.54 Å². The minimum atomic E-state index is -0.281. The van der Waals surface area contributed by atoms with Crippen LogP contribution in [0.5, 0.6) is 0 Å². The average molecular weight is 302 g/mol. The number of hydrogen-bond acceptors (Lipinski definition) is 4. The third-order valence-electron chi connectivity index (χ3n) is 4.00. The molecule has 0 unspecified atom stereocenters. The molecule has 0 amide bonds. The van der Waals surface area contributed by atoms with Crippen molar-refractivity contribution in [3.05, 3.63) is 58.4 Å². The first-order valence-corrected chi connectivity index (χ1v) is 7.44. The molecule has 116 valence electrons. The maximum Gasteiger partial charge on any atom is 0.293 e. The molecule has 2 aromatic rings. The monoisotopic (exact) mass is 302 g/mol. The Bertz CT molecular complexity index is 690. The van der Waals surface area contributed by atoms with Crippen molar-refractivity contribution in [2.45, 2.75) is 25.4 Å². The van der Waals surface area contributed by atoms with Crippen molar-refractivity contribution in [1.82, 2.24) is 9.55 Å². The van der Waals surface area contributed by atoms with Crippen LogP contribution in [0.4, 0.5) is 10.2 Å². The zero-order valence-electron chi connectivity index (χ0n) is 12.3. The average Bonchev–Trinajstić information content (AvgIpc) is 2.53. The molecule has 0 radical (unpaired) electrons. The van der Waals surface area contributed by atoms with Gasteiger partial charge < -0.3 is 15.2 Å². The van der Waals surface area contributed by atoms with Gasteiger partial charge in [0, 0.05) is 31.5 Å². The summed E-state index contributed by atoms with van der Waals surface area (Å²) >= 11 is 0. The molecule has 2 heterocycles. The summed E-state index contributed by atoms with van der Waals surface area (Å²) in [7, 11) is 0. The van der Waals surface area contributed by atoms with Gasteiger partial charge in [-0.2, -0.15) is 0 Å². The quantitative estimate of drug-likeness (QED) is 0.930. The number of benzene rings is 1. The van der Waals surface area contributed by atoms with Gasteiger partial charge in [0.2, 0.25) is 0 Å². The van der Waals surface area contributed by atoms with Crippen LogP contribution in [0.15, 0.2) is 41.5 Å². The van der Waals surface area contributed by atoms with Gasteiger partial charge in [-0.3, -0.25) is 4.79 Å². The molecule has 1 aliphatic rings. The van der Waals surface area contributed by atoms with Crippen LogP contribution in [0.2, 0.25) is 0 Å². The second-order valence-electron chi connectivity index (χ2n) is 5.63. The van der Waals surface area contributed by atoms with Gasteiger partial charge >= 0.3 is 0 Å². The van der Waals surface area contributed by atoms with Crippen molar-refractivity contribution in [3.8, 4) is 0 Å². The van der Waals surface area contributed by atoms with Gasteiger partial charge in [0.05, 0.1) is 6.54 Å². The van der Waals surface area contributed by atoms with Crippen molar-refractivity contribution in [2.24, 2.45) is 5.73 Å². The second-order valence-corrected chi connectivity index (χ2v) is 5.63. The minimum Gasteiger partial charge on any atom is -0.352 e. The normalized spacial score (nSPS) is 16.0. The van der Waals surface area contributed by atoms with Crippen LogP contribution < -0.4 is 16.2 Å². The van der Waals surface area contributed by atoms with Crippen LogP contribution in [0.25, 0.3) is 0 Å². The number of aromatic nitrogens is 2. The van der Waals surface area contributed by atoms with Crippen LogP contribution in [0.3, 0.4) is 0 Å². The highest BCUT2D eigenvalue weighted by Crippen LogP contribution is 2.13. The molecule has 5 nitrogen and oxygen atoms in total. The predicted octanol–water partition coefficient (Wildman–Crippen LogP) is 1.36. The summed E-state index contributed by atoms with van der Waals surface area (Å²) in [6.07, 6.45) is 5.03. The van der Waals surface area contributed by atoms with Gasteiger partial charge in [-0.05, 0) is 30.5 Å². The van der Waals surface area contributed by atoms with Crippen LogP contribution >= 0.6 is 0 Å². The van der Waals surface area contributed by atoms with Crippen LogP contribution in [-0.4, -0.2) is 28.7 Å². The first-order chi connectivity index (χ1) is 10.6. The Kier molecular flexibility index (Phi) is 4.20. The van der Waals surface area contributed by atoms with Crippen molar-refractivity contribution in [2.75, 3.05) is 18.0 Å². The zero-order valence-corrected chi connectivity index (χ0v) is 12.3. The van der Waals surface area contributed by atoms with E-state index < -0.39 is 0 Å². The summed E-state index contributed by atoms with van der Waals surface area (Å²) in [4.78, 5) is 18.8. The van der Waals surface area contributed by atoms with Gasteiger partial charge in [0.1, 0.15) is 5.82 Å². The van der Waals surface area contributed by atoms with E-state index >= 15 is 0 Å². The highest BCUT2D eigenvalue weighted by molar-refractivity contribution is 5.36. The lowest BCUT2D eigenvalue weighted by Crippen LogP contribution is -2.43. The molecule has 1 aromatic heterocycles. The third kappa shape index (κ3) is 3.17. The Morgan fingerprint density at radius 1 is 1.23 bits per heavy atom. The van der Waals surface area contributed by atoms with Gasteiger partial charge in [0.15, 0.2) is 5.82 Å². The van der Waals surface area contributed by atoms with E-state index in [0.29, 0.717) is 12.4 Å². The van der Waals surface area contributed by atoms with Crippen molar-refractivity contribution >= 4 is 5.82 Å². The molecule has 0 aliphatic carbocycles. The Morgan fingerprint density at radius 2 is 1.91 bits per heavy atom. The molecule has 2 N–H and O–H groups in total. The van der Waals surface area contributed by atoms with Crippen LogP contribution in [0, 0.1) is 5.82 Å². The van der Waals surface area contributed by atoms with E-state index in [4.69, 9.17) is 5.73 Å². The SMILES string of the molecule is NC1CCN(c2nccn(Cc3ccc(F)cc3)c2=O)CC1. The topological polar surface area (TPSA) is 64.2 Å². The lowest BCUT2D eigenvalue weighted by atomic mass is 10.1. The van der Waals surface area contributed by atoms with E-state index in [1.807, 2.05) is 4.90 Å². The minimum absolute atomic E-state index is 0.123. The Morgan fingerprint density at radius 3 is 2.59 bits per heavy atom. The number of halogens is 1. The molecule has 1 aromatic carbocycles. The number of nitrogens with zero attached hydrogens (tertiary/aromatic N) is 3. The van der Waals surface area contributed by atoms with Crippen molar-refractivity contribution in [3.63, 3.8) is 0 Å². The molecule has 3 rings (SSSR count). The summed E-state index contributed by atoms with van der Waals surface area (Å²) in [5.74, 6) is 0.188. The predicted molar refractivity (Wildman–Crippen MR) is 83.4 cm³/mol. The number of piperidine rings is 1. The third-order valence-corrected chi connectivity index (χ3v) is 4.00. The molecule has 1 aliphatic heterocycles. The smallest absolute Gasteiger partial charge is 0.293 e. The van der Waals surface area contributed by atoms with E-state index in [9.17, 15) is 9.18 Å². The molecular formula is C16H19FN4O. The molecule has 6 heteroatoms. The van der Waals surface area contributed by atoms with Gasteiger partial charge in [-0.25, -0.2) is 9.37 Å². The molecule has 22 heavy (non-hydrogen) atoms. The Balaban J connectivity index is 1.83. The van der Waals surface area contributed by atoms with Gasteiger partial charge in [-0.15, -0.1) is 0 Å². The zero-order chi connectivity index (χ0) is 15.5. The second kappa shape index (κ2) is 6.27. The van der Waals surface area contributed by atoms with E-state index in [1.165, 1.54) is 12.1 Å². The fourth-order valence-electron chi connectivity index (χ4n) is 2.67. The van der Waals surface area contributed by atoms with E-state index in [-0.39, 0.29) is 17.4 Å². The van der Waals surface area contributed by atoms with E-state index in [2.05, 4.69) is 4.98 Å². The molecule has 1 fully saturated rings. The number of hydrogen-bond donors (Lipinski definition) is 1.